The maximum atomic E-state index is 11.8. The van der Waals surface area contributed by atoms with Crippen LogP contribution >= 0.6 is 0 Å². The van der Waals surface area contributed by atoms with Crippen LogP contribution in [0.5, 0.6) is 0 Å². The minimum atomic E-state index is -0.770. The van der Waals surface area contributed by atoms with Crippen molar-refractivity contribution in [2.45, 2.75) is 40.2 Å². The molecule has 0 amide bonds. The first kappa shape index (κ1) is 18.2. The lowest BCUT2D eigenvalue weighted by atomic mass is 10.0. The summed E-state index contributed by atoms with van der Waals surface area (Å²) in [5.74, 6) is -0.770. The number of allylic oxidation sites excluding steroid dienone is 2. The van der Waals surface area contributed by atoms with E-state index in [1.54, 1.807) is 0 Å². The average molecular weight is 301 g/mol. The van der Waals surface area contributed by atoms with E-state index < -0.39 is 12.0 Å². The molecule has 0 saturated heterocycles. The Morgan fingerprint density at radius 3 is 1.95 bits per heavy atom. The van der Waals surface area contributed by atoms with Gasteiger partial charge < -0.3 is 5.11 Å². The third-order valence-electron chi connectivity index (χ3n) is 3.47. The maximum absolute atomic E-state index is 11.8. The summed E-state index contributed by atoms with van der Waals surface area (Å²) in [5.41, 5.74) is 3.45. The van der Waals surface area contributed by atoms with Crippen molar-refractivity contribution in [2.75, 3.05) is 13.1 Å². The monoisotopic (exact) mass is 301 g/mol. The number of carbonyl (C=O) groups is 1. The van der Waals surface area contributed by atoms with Crippen molar-refractivity contribution in [3.8, 4) is 0 Å². The summed E-state index contributed by atoms with van der Waals surface area (Å²) in [6, 6.07) is 9.29. The van der Waals surface area contributed by atoms with Crippen LogP contribution in [0.25, 0.3) is 0 Å². The Balaban J connectivity index is 2.95. The van der Waals surface area contributed by atoms with E-state index >= 15 is 0 Å². The summed E-state index contributed by atoms with van der Waals surface area (Å²) in [4.78, 5) is 13.8. The Hall–Kier alpha value is -1.87. The molecular formula is C19H27NO2. The first-order valence-corrected chi connectivity index (χ1v) is 7.67. The molecule has 1 aromatic carbocycles. The van der Waals surface area contributed by atoms with Crippen LogP contribution in [0, 0.1) is 0 Å². The minimum absolute atomic E-state index is 0.517. The standard InChI is InChI=1S/C19H27NO2/c1-15(2)10-12-20(13-11-16(3)4)18(19(21)22)14-17-8-6-5-7-9-17/h5-11,18H,12-14H2,1-4H3,(H,21,22)/t18-/m0/s1. The predicted molar refractivity (Wildman–Crippen MR) is 92.0 cm³/mol. The molecule has 0 unspecified atom stereocenters. The summed E-state index contributed by atoms with van der Waals surface area (Å²) >= 11 is 0. The molecule has 3 heteroatoms. The van der Waals surface area contributed by atoms with Gasteiger partial charge in [0.15, 0.2) is 0 Å². The van der Waals surface area contributed by atoms with Crippen LogP contribution in [0.3, 0.4) is 0 Å². The fraction of sp³-hybridized carbons (Fsp3) is 0.421. The highest BCUT2D eigenvalue weighted by Crippen LogP contribution is 2.11. The fourth-order valence-corrected chi connectivity index (χ4v) is 2.14. The van der Waals surface area contributed by atoms with Crippen molar-refractivity contribution in [2.24, 2.45) is 0 Å². The van der Waals surface area contributed by atoms with E-state index in [-0.39, 0.29) is 0 Å². The second kappa shape index (κ2) is 9.21. The van der Waals surface area contributed by atoms with Gasteiger partial charge in [0.05, 0.1) is 0 Å². The third-order valence-corrected chi connectivity index (χ3v) is 3.47. The van der Waals surface area contributed by atoms with Crippen LogP contribution in [0.1, 0.15) is 33.3 Å². The van der Waals surface area contributed by atoms with E-state index in [2.05, 4.69) is 12.2 Å². The number of carboxylic acid groups (broad SMARTS) is 1. The average Bonchev–Trinajstić information content (AvgIpc) is 2.46. The van der Waals surface area contributed by atoms with E-state index in [0.29, 0.717) is 19.5 Å². The largest absolute Gasteiger partial charge is 0.480 e. The third kappa shape index (κ3) is 6.72. The summed E-state index contributed by atoms with van der Waals surface area (Å²) in [7, 11) is 0. The molecular weight excluding hydrogens is 274 g/mol. The van der Waals surface area contributed by atoms with Crippen molar-refractivity contribution >= 4 is 5.97 Å². The summed E-state index contributed by atoms with van der Waals surface area (Å²) in [6.07, 6.45) is 4.68. The van der Waals surface area contributed by atoms with Crippen LogP contribution in [0.4, 0.5) is 0 Å². The van der Waals surface area contributed by atoms with Gasteiger partial charge in [0.1, 0.15) is 6.04 Å². The Kier molecular flexibility index (Phi) is 7.61. The smallest absolute Gasteiger partial charge is 0.321 e. The summed E-state index contributed by atoms with van der Waals surface area (Å²) in [6.45, 7) is 9.43. The second-order valence-electron chi connectivity index (χ2n) is 6.06. The molecule has 0 aromatic heterocycles. The van der Waals surface area contributed by atoms with Crippen molar-refractivity contribution in [3.63, 3.8) is 0 Å². The van der Waals surface area contributed by atoms with Crippen molar-refractivity contribution in [3.05, 3.63) is 59.2 Å². The normalized spacial score (nSPS) is 11.9. The Labute approximate surface area is 134 Å². The Bertz CT molecular complexity index is 504. The number of hydrogen-bond acceptors (Lipinski definition) is 2. The van der Waals surface area contributed by atoms with Crippen LogP contribution in [-0.2, 0) is 11.2 Å². The number of aliphatic carboxylic acids is 1. The Morgan fingerprint density at radius 1 is 1.05 bits per heavy atom. The molecule has 0 saturated carbocycles. The molecule has 0 aliphatic rings. The van der Waals surface area contributed by atoms with Crippen molar-refractivity contribution < 1.29 is 9.90 Å². The molecule has 0 aliphatic carbocycles. The fourth-order valence-electron chi connectivity index (χ4n) is 2.14. The maximum Gasteiger partial charge on any atom is 0.321 e. The highest BCUT2D eigenvalue weighted by molar-refractivity contribution is 5.74. The lowest BCUT2D eigenvalue weighted by Crippen LogP contribution is -2.43. The zero-order valence-corrected chi connectivity index (χ0v) is 14.0. The van der Waals surface area contributed by atoms with Gasteiger partial charge in [-0.25, -0.2) is 0 Å². The molecule has 3 nitrogen and oxygen atoms in total. The van der Waals surface area contributed by atoms with Gasteiger partial charge in [-0.1, -0.05) is 53.6 Å². The highest BCUT2D eigenvalue weighted by atomic mass is 16.4. The number of benzene rings is 1. The first-order valence-electron chi connectivity index (χ1n) is 7.67. The van der Waals surface area contributed by atoms with Gasteiger partial charge in [-0.3, -0.25) is 9.69 Å². The molecule has 0 heterocycles. The molecule has 1 atom stereocenters. The van der Waals surface area contributed by atoms with Crippen LogP contribution in [-0.4, -0.2) is 35.1 Å². The van der Waals surface area contributed by atoms with Crippen LogP contribution in [0.2, 0.25) is 0 Å². The molecule has 1 aromatic rings. The van der Waals surface area contributed by atoms with Gasteiger partial charge in [0.25, 0.3) is 0 Å². The topological polar surface area (TPSA) is 40.5 Å². The van der Waals surface area contributed by atoms with Gasteiger partial charge in [0.2, 0.25) is 0 Å². The molecule has 0 radical (unpaired) electrons. The second-order valence-corrected chi connectivity index (χ2v) is 6.06. The van der Waals surface area contributed by atoms with Crippen molar-refractivity contribution in [1.29, 1.82) is 0 Å². The van der Waals surface area contributed by atoms with Gasteiger partial charge in [-0.05, 0) is 39.7 Å². The molecule has 1 N–H and O–H groups in total. The molecule has 0 spiro atoms. The highest BCUT2D eigenvalue weighted by Gasteiger charge is 2.24. The SMILES string of the molecule is CC(C)=CCN(CC=C(C)C)[C@@H](Cc1ccccc1)C(=O)O. The number of hydrogen-bond donors (Lipinski definition) is 1. The summed E-state index contributed by atoms with van der Waals surface area (Å²) < 4.78 is 0. The molecule has 120 valence electrons. The predicted octanol–water partition coefficient (Wildman–Crippen LogP) is 3.92. The quantitative estimate of drug-likeness (QED) is 0.740. The van der Waals surface area contributed by atoms with Gasteiger partial charge in [-0.2, -0.15) is 0 Å². The lowest BCUT2D eigenvalue weighted by Gasteiger charge is -2.27. The Morgan fingerprint density at radius 2 is 1.55 bits per heavy atom. The first-order chi connectivity index (χ1) is 10.4. The summed E-state index contributed by atoms with van der Waals surface area (Å²) in [5, 5.41) is 9.65. The van der Waals surface area contributed by atoms with E-state index in [4.69, 9.17) is 0 Å². The molecule has 22 heavy (non-hydrogen) atoms. The number of nitrogens with zero attached hydrogens (tertiary/aromatic N) is 1. The minimum Gasteiger partial charge on any atom is -0.480 e. The van der Waals surface area contributed by atoms with Gasteiger partial charge >= 0.3 is 5.97 Å². The van der Waals surface area contributed by atoms with Crippen LogP contribution < -0.4 is 0 Å². The van der Waals surface area contributed by atoms with E-state index in [9.17, 15) is 9.90 Å². The molecule has 0 fully saturated rings. The van der Waals surface area contributed by atoms with Crippen LogP contribution in [0.15, 0.2) is 53.6 Å². The number of carboxylic acids is 1. The van der Waals surface area contributed by atoms with Gasteiger partial charge in [0, 0.05) is 13.1 Å². The zero-order chi connectivity index (χ0) is 16.5. The molecule has 1 rings (SSSR count). The van der Waals surface area contributed by atoms with Crippen molar-refractivity contribution in [1.82, 2.24) is 4.90 Å². The lowest BCUT2D eigenvalue weighted by molar-refractivity contribution is -0.142. The van der Waals surface area contributed by atoms with E-state index in [1.165, 1.54) is 11.1 Å². The molecule has 0 bridgehead atoms. The van der Waals surface area contributed by atoms with Gasteiger partial charge in [-0.15, -0.1) is 0 Å². The molecule has 0 aliphatic heterocycles. The number of rotatable bonds is 8. The van der Waals surface area contributed by atoms with E-state index in [0.717, 1.165) is 5.56 Å². The van der Waals surface area contributed by atoms with E-state index in [1.807, 2.05) is 62.9 Å². The zero-order valence-electron chi connectivity index (χ0n) is 14.0.